The molecule has 1 N–H and O–H groups in total. The molecule has 0 aromatic heterocycles. The van der Waals surface area contributed by atoms with Crippen LogP contribution in [0, 0.1) is 6.92 Å². The summed E-state index contributed by atoms with van der Waals surface area (Å²) in [5.41, 5.74) is 2.81. The molecular formula is C14H21ClN2. The van der Waals surface area contributed by atoms with Gasteiger partial charge in [-0.25, -0.2) is 0 Å². The van der Waals surface area contributed by atoms with Crippen LogP contribution in [0.4, 0.5) is 5.69 Å². The fourth-order valence-electron chi connectivity index (χ4n) is 2.31. The second-order valence-corrected chi connectivity index (χ2v) is 5.91. The first-order valence-corrected chi connectivity index (χ1v) is 6.62. The second kappa shape index (κ2) is 4.87. The molecule has 0 atom stereocenters. The van der Waals surface area contributed by atoms with E-state index in [9.17, 15) is 0 Å². The van der Waals surface area contributed by atoms with Crippen LogP contribution in [0.5, 0.6) is 0 Å². The van der Waals surface area contributed by atoms with Crippen molar-refractivity contribution in [2.24, 2.45) is 0 Å². The van der Waals surface area contributed by atoms with Gasteiger partial charge in [-0.05, 0) is 44.9 Å². The second-order valence-electron chi connectivity index (χ2n) is 5.48. The van der Waals surface area contributed by atoms with Gasteiger partial charge in [-0.3, -0.25) is 0 Å². The van der Waals surface area contributed by atoms with Crippen LogP contribution in [0.25, 0.3) is 0 Å². The van der Waals surface area contributed by atoms with Crippen LogP contribution in [-0.4, -0.2) is 25.2 Å². The first-order valence-electron chi connectivity index (χ1n) is 6.24. The van der Waals surface area contributed by atoms with Crippen molar-refractivity contribution < 1.29 is 0 Å². The largest absolute Gasteiger partial charge is 0.370 e. The van der Waals surface area contributed by atoms with E-state index in [1.54, 1.807) is 0 Å². The fourth-order valence-corrected chi connectivity index (χ4v) is 2.47. The molecule has 0 saturated carbocycles. The van der Waals surface area contributed by atoms with Crippen molar-refractivity contribution in [3.05, 3.63) is 28.8 Å². The van der Waals surface area contributed by atoms with Gasteiger partial charge in [0.25, 0.3) is 0 Å². The lowest BCUT2D eigenvalue weighted by Crippen LogP contribution is -2.39. The molecule has 1 aliphatic rings. The zero-order chi connectivity index (χ0) is 12.5. The number of benzene rings is 1. The molecule has 0 bridgehead atoms. The van der Waals surface area contributed by atoms with Crippen molar-refractivity contribution in [1.82, 2.24) is 5.32 Å². The quantitative estimate of drug-likeness (QED) is 0.826. The Morgan fingerprint density at radius 1 is 1.29 bits per heavy atom. The number of nitrogens with zero attached hydrogens (tertiary/aromatic N) is 1. The third kappa shape index (κ3) is 3.14. The van der Waals surface area contributed by atoms with E-state index >= 15 is 0 Å². The smallest absolute Gasteiger partial charge is 0.0426 e. The Hall–Kier alpha value is -0.730. The highest BCUT2D eigenvalue weighted by atomic mass is 35.5. The number of rotatable bonds is 1. The summed E-state index contributed by atoms with van der Waals surface area (Å²) in [6, 6.07) is 6.14. The Morgan fingerprint density at radius 2 is 2.06 bits per heavy atom. The van der Waals surface area contributed by atoms with Crippen molar-refractivity contribution in [1.29, 1.82) is 0 Å². The topological polar surface area (TPSA) is 15.3 Å². The number of hydrogen-bond acceptors (Lipinski definition) is 2. The molecule has 0 spiro atoms. The molecule has 1 fully saturated rings. The zero-order valence-corrected chi connectivity index (χ0v) is 11.6. The molecule has 1 aromatic rings. The molecule has 1 aromatic carbocycles. The summed E-state index contributed by atoms with van der Waals surface area (Å²) in [6.45, 7) is 9.84. The molecule has 17 heavy (non-hydrogen) atoms. The van der Waals surface area contributed by atoms with Gasteiger partial charge in [0.1, 0.15) is 0 Å². The van der Waals surface area contributed by atoms with E-state index in [0.29, 0.717) is 0 Å². The normalized spacial score (nSPS) is 20.1. The molecule has 0 radical (unpaired) electrons. The highest BCUT2D eigenvalue weighted by Gasteiger charge is 2.22. The number of anilines is 1. The molecule has 0 aliphatic carbocycles. The van der Waals surface area contributed by atoms with E-state index in [0.717, 1.165) is 31.1 Å². The van der Waals surface area contributed by atoms with Gasteiger partial charge < -0.3 is 10.2 Å². The van der Waals surface area contributed by atoms with Gasteiger partial charge in [-0.15, -0.1) is 0 Å². The monoisotopic (exact) mass is 252 g/mol. The Labute approximate surface area is 109 Å². The lowest BCUT2D eigenvalue weighted by Gasteiger charge is -2.26. The van der Waals surface area contributed by atoms with Crippen molar-refractivity contribution in [3.63, 3.8) is 0 Å². The summed E-state index contributed by atoms with van der Waals surface area (Å²) in [5.74, 6) is 0. The Morgan fingerprint density at radius 3 is 2.82 bits per heavy atom. The van der Waals surface area contributed by atoms with Crippen molar-refractivity contribution in [3.8, 4) is 0 Å². The standard InChI is InChI=1S/C14H21ClN2/c1-11-4-5-12(15)10-13(11)17-8-6-14(2,3)16-7-9-17/h4-5,10,16H,6-9H2,1-3H3. The van der Waals surface area contributed by atoms with Crippen LogP contribution in [-0.2, 0) is 0 Å². The highest BCUT2D eigenvalue weighted by molar-refractivity contribution is 6.30. The minimum Gasteiger partial charge on any atom is -0.370 e. The third-order valence-corrected chi connectivity index (χ3v) is 3.74. The van der Waals surface area contributed by atoms with Crippen molar-refractivity contribution in [2.45, 2.75) is 32.7 Å². The number of halogens is 1. The summed E-state index contributed by atoms with van der Waals surface area (Å²) in [5, 5.41) is 4.40. The Kier molecular flexibility index (Phi) is 3.64. The maximum atomic E-state index is 6.09. The lowest BCUT2D eigenvalue weighted by molar-refractivity contribution is 0.394. The average molecular weight is 253 g/mol. The fraction of sp³-hybridized carbons (Fsp3) is 0.571. The highest BCUT2D eigenvalue weighted by Crippen LogP contribution is 2.26. The first-order chi connectivity index (χ1) is 7.98. The number of nitrogens with one attached hydrogen (secondary N) is 1. The minimum atomic E-state index is 0.237. The van der Waals surface area contributed by atoms with Crippen molar-refractivity contribution >= 4 is 17.3 Å². The van der Waals surface area contributed by atoms with E-state index in [4.69, 9.17) is 11.6 Å². The predicted molar refractivity (Wildman–Crippen MR) is 75.1 cm³/mol. The lowest BCUT2D eigenvalue weighted by atomic mass is 10.0. The number of aryl methyl sites for hydroxylation is 1. The van der Waals surface area contributed by atoms with Crippen LogP contribution in [0.15, 0.2) is 18.2 Å². The molecule has 1 saturated heterocycles. The molecule has 0 amide bonds. The maximum Gasteiger partial charge on any atom is 0.0426 e. The summed E-state index contributed by atoms with van der Waals surface area (Å²) >= 11 is 6.09. The molecule has 94 valence electrons. The maximum absolute atomic E-state index is 6.09. The molecular weight excluding hydrogens is 232 g/mol. The van der Waals surface area contributed by atoms with Crippen LogP contribution < -0.4 is 10.2 Å². The molecule has 1 heterocycles. The Bertz CT molecular complexity index is 401. The zero-order valence-electron chi connectivity index (χ0n) is 10.9. The van der Waals surface area contributed by atoms with E-state index in [2.05, 4.69) is 43.1 Å². The SMILES string of the molecule is Cc1ccc(Cl)cc1N1CCNC(C)(C)CC1. The molecule has 3 heteroatoms. The third-order valence-electron chi connectivity index (χ3n) is 3.50. The summed E-state index contributed by atoms with van der Waals surface area (Å²) in [6.07, 6.45) is 1.15. The molecule has 2 rings (SSSR count). The van der Waals surface area contributed by atoms with Gasteiger partial charge in [0.2, 0.25) is 0 Å². The minimum absolute atomic E-state index is 0.237. The van der Waals surface area contributed by atoms with Gasteiger partial charge in [-0.2, -0.15) is 0 Å². The molecule has 0 unspecified atom stereocenters. The summed E-state index contributed by atoms with van der Waals surface area (Å²) in [7, 11) is 0. The first kappa shape index (κ1) is 12.7. The van der Waals surface area contributed by atoms with Crippen LogP contribution in [0.1, 0.15) is 25.8 Å². The van der Waals surface area contributed by atoms with Crippen LogP contribution in [0.2, 0.25) is 5.02 Å². The van der Waals surface area contributed by atoms with Gasteiger partial charge in [0.05, 0.1) is 0 Å². The molecule has 1 aliphatic heterocycles. The van der Waals surface area contributed by atoms with E-state index in [-0.39, 0.29) is 5.54 Å². The van der Waals surface area contributed by atoms with Gasteiger partial charge in [0, 0.05) is 35.9 Å². The van der Waals surface area contributed by atoms with E-state index in [1.165, 1.54) is 11.3 Å². The predicted octanol–water partition coefficient (Wildman–Crippen LogP) is 3.23. The summed E-state index contributed by atoms with van der Waals surface area (Å²) < 4.78 is 0. The van der Waals surface area contributed by atoms with E-state index in [1.807, 2.05) is 6.07 Å². The van der Waals surface area contributed by atoms with Gasteiger partial charge >= 0.3 is 0 Å². The average Bonchev–Trinajstić information content (AvgIpc) is 2.43. The van der Waals surface area contributed by atoms with Crippen molar-refractivity contribution in [2.75, 3.05) is 24.5 Å². The van der Waals surface area contributed by atoms with Gasteiger partial charge in [-0.1, -0.05) is 17.7 Å². The molecule has 2 nitrogen and oxygen atoms in total. The van der Waals surface area contributed by atoms with E-state index < -0.39 is 0 Å². The summed E-state index contributed by atoms with van der Waals surface area (Å²) in [4.78, 5) is 2.43. The number of hydrogen-bond donors (Lipinski definition) is 1. The van der Waals surface area contributed by atoms with Crippen LogP contribution in [0.3, 0.4) is 0 Å². The van der Waals surface area contributed by atoms with Gasteiger partial charge in [0.15, 0.2) is 0 Å². The Balaban J connectivity index is 2.19. The van der Waals surface area contributed by atoms with Crippen LogP contribution >= 0.6 is 11.6 Å².